The molecule has 3 heterocycles. The quantitative estimate of drug-likeness (QED) is 0.704. The average Bonchev–Trinajstić information content (AvgIpc) is 3.29. The van der Waals surface area contributed by atoms with E-state index in [2.05, 4.69) is 9.97 Å². The number of aryl methyl sites for hydroxylation is 2. The maximum absolute atomic E-state index is 12.9. The molecule has 0 spiro atoms. The molecule has 9 heteroatoms. The lowest BCUT2D eigenvalue weighted by molar-refractivity contribution is 0.0587. The van der Waals surface area contributed by atoms with Crippen LogP contribution in [0.2, 0.25) is 0 Å². The third-order valence-electron chi connectivity index (χ3n) is 5.76. The Balaban J connectivity index is 1.35. The molecule has 2 saturated heterocycles. The van der Waals surface area contributed by atoms with Gasteiger partial charge < -0.3 is 9.64 Å². The molecule has 2 aromatic rings. The van der Waals surface area contributed by atoms with E-state index in [1.807, 2.05) is 19.9 Å². The predicted molar refractivity (Wildman–Crippen MR) is 115 cm³/mol. The minimum atomic E-state index is -3.47. The minimum absolute atomic E-state index is 0.00531. The van der Waals surface area contributed by atoms with Gasteiger partial charge in [0.15, 0.2) is 0 Å². The first-order valence-electron chi connectivity index (χ1n) is 10.7. The third-order valence-corrected chi connectivity index (χ3v) is 7.68. The summed E-state index contributed by atoms with van der Waals surface area (Å²) in [4.78, 5) is 23.5. The molecule has 1 aromatic heterocycles. The Labute approximate surface area is 183 Å². The Morgan fingerprint density at radius 2 is 1.65 bits per heavy atom. The highest BCUT2D eigenvalue weighted by Gasteiger charge is 2.28. The number of benzene rings is 1. The van der Waals surface area contributed by atoms with Crippen LogP contribution < -0.4 is 4.74 Å². The van der Waals surface area contributed by atoms with Crippen LogP contribution in [0.5, 0.6) is 5.88 Å². The van der Waals surface area contributed by atoms with Crippen molar-refractivity contribution in [2.75, 3.05) is 26.2 Å². The van der Waals surface area contributed by atoms with Gasteiger partial charge in [-0.3, -0.25) is 4.79 Å². The van der Waals surface area contributed by atoms with Gasteiger partial charge in [-0.2, -0.15) is 9.29 Å². The summed E-state index contributed by atoms with van der Waals surface area (Å²) in [6.07, 6.45) is 3.23. The SMILES string of the molecule is Cc1cc(OC2CCN(C(=O)c3ccc(S(=O)(=O)N4CCCC4)cc3)CC2)nc(C)n1. The fraction of sp³-hybridized carbons (Fsp3) is 0.500. The molecule has 0 bridgehead atoms. The molecule has 0 aliphatic carbocycles. The van der Waals surface area contributed by atoms with Crippen LogP contribution in [-0.4, -0.2) is 65.8 Å². The minimum Gasteiger partial charge on any atom is -0.474 e. The number of hydrogen-bond donors (Lipinski definition) is 0. The summed E-state index contributed by atoms with van der Waals surface area (Å²) in [5.74, 6) is 1.17. The van der Waals surface area contributed by atoms with Crippen LogP contribution in [-0.2, 0) is 10.0 Å². The molecule has 31 heavy (non-hydrogen) atoms. The summed E-state index contributed by atoms with van der Waals surface area (Å²) in [7, 11) is -3.47. The molecule has 0 atom stereocenters. The van der Waals surface area contributed by atoms with Gasteiger partial charge in [-0.25, -0.2) is 13.4 Å². The molecule has 2 aliphatic heterocycles. The molecule has 0 unspecified atom stereocenters. The molecule has 0 radical (unpaired) electrons. The number of likely N-dealkylation sites (tertiary alicyclic amines) is 1. The van der Waals surface area contributed by atoms with E-state index in [1.165, 1.54) is 16.4 Å². The van der Waals surface area contributed by atoms with E-state index in [0.29, 0.717) is 43.4 Å². The van der Waals surface area contributed by atoms with Gasteiger partial charge in [-0.05, 0) is 51.0 Å². The number of carbonyl (C=O) groups is 1. The third kappa shape index (κ3) is 4.88. The first kappa shape index (κ1) is 21.7. The van der Waals surface area contributed by atoms with Crippen LogP contribution in [0.4, 0.5) is 0 Å². The molecular weight excluding hydrogens is 416 g/mol. The monoisotopic (exact) mass is 444 g/mol. The smallest absolute Gasteiger partial charge is 0.253 e. The normalized spacial score (nSPS) is 18.3. The van der Waals surface area contributed by atoms with Crippen molar-refractivity contribution in [1.29, 1.82) is 0 Å². The number of sulfonamides is 1. The highest BCUT2D eigenvalue weighted by molar-refractivity contribution is 7.89. The lowest BCUT2D eigenvalue weighted by Crippen LogP contribution is -2.41. The van der Waals surface area contributed by atoms with Crippen molar-refractivity contribution in [2.45, 2.75) is 50.5 Å². The zero-order valence-electron chi connectivity index (χ0n) is 18.0. The maximum atomic E-state index is 12.9. The zero-order valence-corrected chi connectivity index (χ0v) is 18.8. The fourth-order valence-corrected chi connectivity index (χ4v) is 5.64. The summed E-state index contributed by atoms with van der Waals surface area (Å²) in [5, 5.41) is 0. The lowest BCUT2D eigenvalue weighted by Gasteiger charge is -2.32. The van der Waals surface area contributed by atoms with Crippen molar-refractivity contribution >= 4 is 15.9 Å². The molecule has 2 fully saturated rings. The second-order valence-corrected chi connectivity index (χ2v) is 10.1. The second-order valence-electron chi connectivity index (χ2n) is 8.14. The number of hydrogen-bond acceptors (Lipinski definition) is 6. The van der Waals surface area contributed by atoms with E-state index < -0.39 is 10.0 Å². The fourth-order valence-electron chi connectivity index (χ4n) is 4.12. The second kappa shape index (κ2) is 8.92. The van der Waals surface area contributed by atoms with E-state index in [0.717, 1.165) is 31.4 Å². The van der Waals surface area contributed by atoms with Crippen molar-refractivity contribution in [1.82, 2.24) is 19.2 Å². The highest BCUT2D eigenvalue weighted by Crippen LogP contribution is 2.23. The molecule has 4 rings (SSSR count). The Kier molecular flexibility index (Phi) is 6.24. The van der Waals surface area contributed by atoms with Gasteiger partial charge in [0.1, 0.15) is 11.9 Å². The number of ether oxygens (including phenoxy) is 1. The van der Waals surface area contributed by atoms with Crippen LogP contribution in [0.25, 0.3) is 0 Å². The van der Waals surface area contributed by atoms with Crippen molar-refractivity contribution < 1.29 is 17.9 Å². The number of aromatic nitrogens is 2. The molecule has 0 N–H and O–H groups in total. The summed E-state index contributed by atoms with van der Waals surface area (Å²) in [6.45, 7) is 6.04. The first-order valence-corrected chi connectivity index (χ1v) is 12.2. The summed E-state index contributed by atoms with van der Waals surface area (Å²) < 4.78 is 32.8. The van der Waals surface area contributed by atoms with Gasteiger partial charge in [0.05, 0.1) is 4.90 Å². The number of nitrogens with zero attached hydrogens (tertiary/aromatic N) is 4. The van der Waals surface area contributed by atoms with Crippen molar-refractivity contribution in [3.05, 3.63) is 47.4 Å². The van der Waals surface area contributed by atoms with E-state index in [-0.39, 0.29) is 16.9 Å². The zero-order chi connectivity index (χ0) is 22.0. The van der Waals surface area contributed by atoms with E-state index in [9.17, 15) is 13.2 Å². The molecular formula is C22H28N4O4S. The molecule has 166 valence electrons. The molecule has 2 aliphatic rings. The van der Waals surface area contributed by atoms with Crippen molar-refractivity contribution in [3.8, 4) is 5.88 Å². The van der Waals surface area contributed by atoms with Gasteiger partial charge in [-0.1, -0.05) is 0 Å². The summed E-state index contributed by atoms with van der Waals surface area (Å²) in [5.41, 5.74) is 1.37. The van der Waals surface area contributed by atoms with E-state index in [1.54, 1.807) is 17.0 Å². The first-order chi connectivity index (χ1) is 14.8. The highest BCUT2D eigenvalue weighted by atomic mass is 32.2. The van der Waals surface area contributed by atoms with Crippen LogP contribution in [0.3, 0.4) is 0 Å². The van der Waals surface area contributed by atoms with Gasteiger partial charge in [0, 0.05) is 56.3 Å². The molecule has 0 saturated carbocycles. The van der Waals surface area contributed by atoms with Crippen molar-refractivity contribution in [3.63, 3.8) is 0 Å². The Morgan fingerprint density at radius 3 is 2.26 bits per heavy atom. The Morgan fingerprint density at radius 1 is 1.00 bits per heavy atom. The average molecular weight is 445 g/mol. The van der Waals surface area contributed by atoms with E-state index in [4.69, 9.17) is 4.74 Å². The predicted octanol–water partition coefficient (Wildman–Crippen LogP) is 2.56. The van der Waals surface area contributed by atoms with Crippen LogP contribution in [0, 0.1) is 13.8 Å². The maximum Gasteiger partial charge on any atom is 0.253 e. The number of carbonyl (C=O) groups excluding carboxylic acids is 1. The topological polar surface area (TPSA) is 92.7 Å². The number of amides is 1. The van der Waals surface area contributed by atoms with E-state index >= 15 is 0 Å². The van der Waals surface area contributed by atoms with Crippen molar-refractivity contribution in [2.24, 2.45) is 0 Å². The van der Waals surface area contributed by atoms with Gasteiger partial charge >= 0.3 is 0 Å². The molecule has 1 aromatic carbocycles. The van der Waals surface area contributed by atoms with Crippen LogP contribution in [0.15, 0.2) is 35.2 Å². The largest absolute Gasteiger partial charge is 0.474 e. The van der Waals surface area contributed by atoms with Gasteiger partial charge in [0.25, 0.3) is 5.91 Å². The van der Waals surface area contributed by atoms with Gasteiger partial charge in [-0.15, -0.1) is 0 Å². The lowest BCUT2D eigenvalue weighted by atomic mass is 10.1. The Hall–Kier alpha value is -2.52. The van der Waals surface area contributed by atoms with Gasteiger partial charge in [0.2, 0.25) is 15.9 Å². The van der Waals surface area contributed by atoms with Crippen LogP contribution >= 0.6 is 0 Å². The van der Waals surface area contributed by atoms with Crippen LogP contribution in [0.1, 0.15) is 47.6 Å². The molecule has 8 nitrogen and oxygen atoms in total. The summed E-state index contributed by atoms with van der Waals surface area (Å²) in [6, 6.07) is 8.12. The Bertz CT molecular complexity index is 1020. The number of rotatable bonds is 5. The standard InChI is InChI=1S/C22H28N4O4S/c1-16-15-21(24-17(2)23-16)30-19-9-13-25(14-10-19)22(27)18-5-7-20(8-6-18)31(28,29)26-11-3-4-12-26/h5-8,15,19H,3-4,9-14H2,1-2H3. The summed E-state index contributed by atoms with van der Waals surface area (Å²) >= 11 is 0. The number of piperidine rings is 1. The molecule has 1 amide bonds.